The predicted molar refractivity (Wildman–Crippen MR) is 368 cm³/mol. The van der Waals surface area contributed by atoms with E-state index in [2.05, 4.69) is 26.6 Å². The van der Waals surface area contributed by atoms with Gasteiger partial charge in [0.25, 0.3) is 0 Å². The molecule has 1 aromatic rings. The quantitative estimate of drug-likeness (QED) is 0.0507. The first-order chi connectivity index (χ1) is 44.5. The summed E-state index contributed by atoms with van der Waals surface area (Å²) in [4.78, 5) is 181. The number of nitrogens with zero attached hydrogens (tertiary/aromatic N) is 7. The number of carbonyl (C=O) groups is 12. The van der Waals surface area contributed by atoms with Gasteiger partial charge in [0.05, 0.1) is 12.1 Å². The van der Waals surface area contributed by atoms with Crippen LogP contribution in [-0.4, -0.2) is 250 Å². The first kappa shape index (κ1) is 84.9. The minimum atomic E-state index is -1.62. The zero-order valence-corrected chi connectivity index (χ0v) is 62.2. The van der Waals surface area contributed by atoms with Crippen LogP contribution in [0.5, 0.6) is 0 Å². The Bertz CT molecular complexity index is 2810. The van der Waals surface area contributed by atoms with Crippen LogP contribution in [0.4, 0.5) is 0 Å². The Morgan fingerprint density at radius 2 is 0.938 bits per heavy atom. The lowest BCUT2D eigenvalue weighted by atomic mass is 9.93. The molecule has 0 radical (unpaired) electrons. The van der Waals surface area contributed by atoms with Gasteiger partial charge in [-0.15, -0.1) is 0 Å². The molecule has 1 heterocycles. The maximum Gasteiger partial charge on any atom is 0.326 e. The molecule has 0 aliphatic carbocycles. The molecule has 0 spiro atoms. The van der Waals surface area contributed by atoms with Crippen LogP contribution in [0, 0.1) is 47.3 Å². The third kappa shape index (κ3) is 21.9. The Kier molecular flexibility index (Phi) is 33.7. The zero-order chi connectivity index (χ0) is 74.0. The van der Waals surface area contributed by atoms with Crippen LogP contribution in [0.1, 0.15) is 156 Å². The van der Waals surface area contributed by atoms with Gasteiger partial charge in [-0.05, 0) is 93.1 Å². The molecule has 544 valence electrons. The van der Waals surface area contributed by atoms with Crippen molar-refractivity contribution >= 4 is 70.9 Å². The maximum absolute atomic E-state index is 15.2. The van der Waals surface area contributed by atoms with Gasteiger partial charge < -0.3 is 71.1 Å². The van der Waals surface area contributed by atoms with Crippen molar-refractivity contribution in [3.8, 4) is 0 Å². The minimum absolute atomic E-state index is 0.0186. The van der Waals surface area contributed by atoms with Crippen LogP contribution >= 0.6 is 0 Å². The Hall–Kier alpha value is -7.22. The van der Waals surface area contributed by atoms with E-state index in [1.165, 1.54) is 83.5 Å². The average molecular weight is 1350 g/mol. The smallest absolute Gasteiger partial charge is 0.326 e. The molecular weight excluding hydrogens is 1230 g/mol. The standard InChI is InChI=1S/C70H120N12O14/c1-26-44(16)58(62(87)72-48(70(95)96)35-37(2)3)81(25)65(90)50(36-47-31-28-27-29-32-47)76(20)67(92)55(41(10)11)80(24)68(93)56(42(12)13)78(22)64(89)49-33-30-34-82(49)69(94)57(43(14)15)79(23)66(91)52(39(6)7)74-60(85)53(46(18)83)75-59(84)51(38(4)5)73-61(86)54(40(8)9)77(21)63(88)45(17)71-19/h27-29,31-32,37-46,48-58,71,83H,26,30,33-36H2,1-25H3,(H,72,87)(H,73,86)(H,74,85)(H,75,84)(H,95,96). The number of nitrogens with one attached hydrogen (secondary N) is 5. The minimum Gasteiger partial charge on any atom is -0.480 e. The number of carboxylic acid groups (broad SMARTS) is 1. The van der Waals surface area contributed by atoms with Gasteiger partial charge in [0.15, 0.2) is 0 Å². The molecule has 96 heavy (non-hydrogen) atoms. The van der Waals surface area contributed by atoms with E-state index in [1.54, 1.807) is 128 Å². The van der Waals surface area contributed by atoms with Gasteiger partial charge >= 0.3 is 5.97 Å². The van der Waals surface area contributed by atoms with E-state index >= 15 is 24.0 Å². The van der Waals surface area contributed by atoms with E-state index < -0.39 is 179 Å². The second-order valence-corrected chi connectivity index (χ2v) is 28.9. The number of carboxylic acids is 1. The third-order valence-corrected chi connectivity index (χ3v) is 18.7. The summed E-state index contributed by atoms with van der Waals surface area (Å²) < 4.78 is 0. The molecule has 14 unspecified atom stereocenters. The van der Waals surface area contributed by atoms with E-state index in [9.17, 15) is 43.8 Å². The van der Waals surface area contributed by atoms with Crippen molar-refractivity contribution in [3.63, 3.8) is 0 Å². The summed E-state index contributed by atoms with van der Waals surface area (Å²) >= 11 is 0. The first-order valence-corrected chi connectivity index (χ1v) is 34.2. The summed E-state index contributed by atoms with van der Waals surface area (Å²) in [6.07, 6.45) is -0.255. The van der Waals surface area contributed by atoms with Gasteiger partial charge in [0.2, 0.25) is 65.0 Å². The molecule has 0 saturated carbocycles. The summed E-state index contributed by atoms with van der Waals surface area (Å²) in [5.41, 5.74) is 0.701. The Balaban J connectivity index is 2.53. The number of hydrogen-bond donors (Lipinski definition) is 7. The number of amides is 11. The lowest BCUT2D eigenvalue weighted by Gasteiger charge is -2.42. The fraction of sp³-hybridized carbons (Fsp3) is 0.743. The summed E-state index contributed by atoms with van der Waals surface area (Å²) in [5, 5.41) is 34.6. The molecule has 1 fully saturated rings. The third-order valence-electron chi connectivity index (χ3n) is 18.7. The summed E-state index contributed by atoms with van der Waals surface area (Å²) in [6.45, 7) is 31.1. The number of aliphatic carboxylic acids is 1. The topological polar surface area (TPSA) is 328 Å². The molecule has 2 rings (SSSR count). The van der Waals surface area contributed by atoms with Crippen molar-refractivity contribution in [2.24, 2.45) is 47.3 Å². The van der Waals surface area contributed by atoms with Gasteiger partial charge in [-0.25, -0.2) is 4.79 Å². The van der Waals surface area contributed by atoms with Crippen LogP contribution in [0.15, 0.2) is 30.3 Å². The van der Waals surface area contributed by atoms with Crippen LogP contribution in [0.3, 0.4) is 0 Å². The van der Waals surface area contributed by atoms with Gasteiger partial charge in [-0.1, -0.05) is 148 Å². The van der Waals surface area contributed by atoms with Crippen LogP contribution in [-0.2, 0) is 64.0 Å². The SMILES string of the molecule is CCC(C)C(C(=O)NC(CC(C)C)C(=O)O)N(C)C(=O)C(Cc1ccccc1)N(C)C(=O)C(C(C)C)N(C)C(=O)C(C(C)C)N(C)C(=O)C1CCCN1C(=O)C(C(C)C)N(C)C(=O)C(NC(=O)C(NC(=O)C(NC(=O)C(C(C)C)N(C)C(=O)C(C)NC)C(C)C)C(C)O)C(C)C. The largest absolute Gasteiger partial charge is 0.480 e. The predicted octanol–water partition coefficient (Wildman–Crippen LogP) is 3.22. The lowest BCUT2D eigenvalue weighted by molar-refractivity contribution is -0.158. The van der Waals surface area contributed by atoms with Crippen molar-refractivity contribution in [1.82, 2.24) is 60.9 Å². The average Bonchev–Trinajstić information content (AvgIpc) is 1.32. The summed E-state index contributed by atoms with van der Waals surface area (Å²) in [7, 11) is 10.4. The van der Waals surface area contributed by atoms with E-state index in [-0.39, 0.29) is 43.6 Å². The molecular formula is C70H120N12O14. The fourth-order valence-corrected chi connectivity index (χ4v) is 12.8. The number of benzene rings is 1. The van der Waals surface area contributed by atoms with E-state index in [0.717, 1.165) is 0 Å². The number of hydrogen-bond acceptors (Lipinski definition) is 14. The Morgan fingerprint density at radius 1 is 0.500 bits per heavy atom. The summed E-state index contributed by atoms with van der Waals surface area (Å²) in [6, 6.07) is -4.88. The van der Waals surface area contributed by atoms with E-state index in [0.29, 0.717) is 18.4 Å². The lowest BCUT2D eigenvalue weighted by Crippen LogP contribution is -2.64. The van der Waals surface area contributed by atoms with Gasteiger partial charge in [0, 0.05) is 55.3 Å². The molecule has 26 heteroatoms. The zero-order valence-electron chi connectivity index (χ0n) is 62.2. The number of aliphatic hydroxyl groups is 1. The van der Waals surface area contributed by atoms with Crippen molar-refractivity contribution in [2.45, 2.75) is 235 Å². The maximum atomic E-state index is 15.2. The van der Waals surface area contributed by atoms with Crippen molar-refractivity contribution in [3.05, 3.63) is 35.9 Å². The van der Waals surface area contributed by atoms with Crippen LogP contribution in [0.25, 0.3) is 0 Å². The van der Waals surface area contributed by atoms with E-state index in [4.69, 9.17) is 0 Å². The number of rotatable bonds is 36. The van der Waals surface area contributed by atoms with Gasteiger partial charge in [0.1, 0.15) is 66.5 Å². The molecule has 1 aliphatic rings. The monoisotopic (exact) mass is 1350 g/mol. The molecule has 0 bridgehead atoms. The summed E-state index contributed by atoms with van der Waals surface area (Å²) in [5.74, 6) is -11.8. The molecule has 0 aromatic heterocycles. The fourth-order valence-electron chi connectivity index (χ4n) is 12.8. The highest BCUT2D eigenvalue weighted by atomic mass is 16.4. The molecule has 14 atom stereocenters. The van der Waals surface area contributed by atoms with E-state index in [1.807, 2.05) is 26.8 Å². The Morgan fingerprint density at radius 3 is 1.40 bits per heavy atom. The first-order valence-electron chi connectivity index (χ1n) is 34.2. The Labute approximate surface area is 571 Å². The number of likely N-dealkylation sites (N-methyl/N-ethyl adjacent to an activating group) is 7. The second kappa shape index (κ2) is 38.1. The molecule has 1 aromatic carbocycles. The number of aliphatic hydroxyl groups excluding tert-OH is 1. The van der Waals surface area contributed by atoms with Gasteiger partial charge in [-0.3, -0.25) is 52.7 Å². The molecule has 1 saturated heterocycles. The normalized spacial score (nSPS) is 17.4. The second-order valence-electron chi connectivity index (χ2n) is 28.9. The van der Waals surface area contributed by atoms with Crippen molar-refractivity contribution < 1.29 is 67.7 Å². The van der Waals surface area contributed by atoms with Crippen molar-refractivity contribution in [1.29, 1.82) is 0 Å². The molecule has 7 N–H and O–H groups in total. The highest BCUT2D eigenvalue weighted by Gasteiger charge is 2.48. The van der Waals surface area contributed by atoms with Gasteiger partial charge in [-0.2, -0.15) is 0 Å². The number of likely N-dealkylation sites (tertiary alicyclic amines) is 1. The van der Waals surface area contributed by atoms with Crippen LogP contribution in [0.2, 0.25) is 0 Å². The molecule has 11 amide bonds. The van der Waals surface area contributed by atoms with Crippen molar-refractivity contribution in [2.75, 3.05) is 55.9 Å². The highest BCUT2D eigenvalue weighted by molar-refractivity contribution is 6.00. The molecule has 1 aliphatic heterocycles. The number of carbonyl (C=O) groups excluding carboxylic acids is 11. The highest BCUT2D eigenvalue weighted by Crippen LogP contribution is 2.29. The molecule has 26 nitrogen and oxygen atoms in total. The van der Waals surface area contributed by atoms with Crippen LogP contribution < -0.4 is 26.6 Å².